The van der Waals surface area contributed by atoms with Crippen molar-refractivity contribution in [1.29, 1.82) is 0 Å². The van der Waals surface area contributed by atoms with E-state index in [0.29, 0.717) is 12.3 Å². The molecular formula is C10H15NO4S. The smallest absolute Gasteiger partial charge is 0.354 e. The number of carbonyl (C=O) groups is 1. The summed E-state index contributed by atoms with van der Waals surface area (Å²) in [5.74, 6) is -0.422. The first kappa shape index (κ1) is 12.8. The predicted molar refractivity (Wildman–Crippen MR) is 60.1 cm³/mol. The van der Waals surface area contributed by atoms with Crippen molar-refractivity contribution in [2.45, 2.75) is 13.5 Å². The molecule has 0 spiro atoms. The van der Waals surface area contributed by atoms with E-state index in [4.69, 9.17) is 4.74 Å². The average Bonchev–Trinajstić information content (AvgIpc) is 2.61. The quantitative estimate of drug-likeness (QED) is 0.717. The Morgan fingerprint density at radius 1 is 1.50 bits per heavy atom. The van der Waals surface area contributed by atoms with Gasteiger partial charge in [0.05, 0.1) is 12.4 Å². The van der Waals surface area contributed by atoms with Crippen LogP contribution in [-0.2, 0) is 21.1 Å². The third-order valence-electron chi connectivity index (χ3n) is 2.02. The van der Waals surface area contributed by atoms with Crippen molar-refractivity contribution in [3.8, 4) is 0 Å². The molecule has 6 heteroatoms. The molecular weight excluding hydrogens is 230 g/mol. The summed E-state index contributed by atoms with van der Waals surface area (Å²) in [5.41, 5.74) is 0.380. The lowest BCUT2D eigenvalue weighted by molar-refractivity contribution is 0.0514. The molecule has 0 aliphatic carbocycles. The van der Waals surface area contributed by atoms with Gasteiger partial charge >= 0.3 is 5.97 Å². The number of esters is 1. The van der Waals surface area contributed by atoms with Gasteiger partial charge < -0.3 is 9.30 Å². The lowest BCUT2D eigenvalue weighted by Gasteiger charge is -2.07. The molecule has 0 unspecified atom stereocenters. The van der Waals surface area contributed by atoms with Crippen LogP contribution in [0.5, 0.6) is 0 Å². The molecule has 1 heterocycles. The Kier molecular flexibility index (Phi) is 4.12. The van der Waals surface area contributed by atoms with Gasteiger partial charge in [0.1, 0.15) is 15.5 Å². The highest BCUT2D eigenvalue weighted by Crippen LogP contribution is 2.05. The maximum Gasteiger partial charge on any atom is 0.354 e. The van der Waals surface area contributed by atoms with Crippen LogP contribution in [0, 0.1) is 0 Å². The Bertz CT molecular complexity index is 461. The van der Waals surface area contributed by atoms with E-state index >= 15 is 0 Å². The molecule has 1 rings (SSSR count). The van der Waals surface area contributed by atoms with Gasteiger partial charge in [-0.25, -0.2) is 13.2 Å². The molecule has 0 bridgehead atoms. The fraction of sp³-hybridized carbons (Fsp3) is 0.500. The van der Waals surface area contributed by atoms with Crippen molar-refractivity contribution in [3.63, 3.8) is 0 Å². The zero-order valence-corrected chi connectivity index (χ0v) is 10.2. The summed E-state index contributed by atoms with van der Waals surface area (Å²) in [6, 6.07) is 3.30. The Hall–Kier alpha value is -1.30. The van der Waals surface area contributed by atoms with Gasteiger partial charge in [0.25, 0.3) is 0 Å². The van der Waals surface area contributed by atoms with Crippen LogP contribution in [0.15, 0.2) is 18.3 Å². The largest absolute Gasteiger partial charge is 0.461 e. The molecule has 90 valence electrons. The zero-order valence-electron chi connectivity index (χ0n) is 9.34. The van der Waals surface area contributed by atoms with Gasteiger partial charge in [0, 0.05) is 19.0 Å². The van der Waals surface area contributed by atoms with Crippen molar-refractivity contribution in [2.24, 2.45) is 0 Å². The molecule has 0 saturated carbocycles. The van der Waals surface area contributed by atoms with E-state index in [1.54, 1.807) is 29.8 Å². The summed E-state index contributed by atoms with van der Waals surface area (Å²) in [6.45, 7) is 2.29. The Morgan fingerprint density at radius 2 is 2.19 bits per heavy atom. The van der Waals surface area contributed by atoms with Gasteiger partial charge in [-0.2, -0.15) is 0 Å². The molecule has 0 radical (unpaired) electrons. The van der Waals surface area contributed by atoms with Crippen LogP contribution in [0.3, 0.4) is 0 Å². The van der Waals surface area contributed by atoms with Crippen molar-refractivity contribution in [1.82, 2.24) is 4.57 Å². The number of ether oxygens (including phenoxy) is 1. The molecule has 0 amide bonds. The van der Waals surface area contributed by atoms with Gasteiger partial charge in [-0.05, 0) is 19.1 Å². The second-order valence-electron chi connectivity index (χ2n) is 3.44. The minimum Gasteiger partial charge on any atom is -0.461 e. The Balaban J connectivity index is 2.75. The molecule has 0 N–H and O–H groups in total. The van der Waals surface area contributed by atoms with Crippen molar-refractivity contribution in [3.05, 3.63) is 24.0 Å². The van der Waals surface area contributed by atoms with Crippen LogP contribution in [0.1, 0.15) is 17.4 Å². The summed E-state index contributed by atoms with van der Waals surface area (Å²) in [6.07, 6.45) is 2.83. The highest BCUT2D eigenvalue weighted by atomic mass is 32.2. The molecule has 0 aliphatic rings. The van der Waals surface area contributed by atoms with Gasteiger partial charge in [0.15, 0.2) is 0 Å². The van der Waals surface area contributed by atoms with E-state index in [9.17, 15) is 13.2 Å². The number of carbonyl (C=O) groups excluding carboxylic acids is 1. The van der Waals surface area contributed by atoms with Crippen molar-refractivity contribution >= 4 is 15.8 Å². The van der Waals surface area contributed by atoms with Gasteiger partial charge in [0.2, 0.25) is 0 Å². The molecule has 16 heavy (non-hydrogen) atoms. The Labute approximate surface area is 94.9 Å². The summed E-state index contributed by atoms with van der Waals surface area (Å²) < 4.78 is 28.4. The minimum atomic E-state index is -3.03. The normalized spacial score (nSPS) is 11.4. The average molecular weight is 245 g/mol. The first-order valence-electron chi connectivity index (χ1n) is 4.94. The summed E-state index contributed by atoms with van der Waals surface area (Å²) in [4.78, 5) is 11.5. The van der Waals surface area contributed by atoms with E-state index in [-0.39, 0.29) is 12.3 Å². The fourth-order valence-electron chi connectivity index (χ4n) is 1.26. The predicted octanol–water partition coefficient (Wildman–Crippen LogP) is 0.709. The van der Waals surface area contributed by atoms with E-state index in [1.807, 2.05) is 0 Å². The van der Waals surface area contributed by atoms with Crippen molar-refractivity contribution in [2.75, 3.05) is 18.6 Å². The van der Waals surface area contributed by atoms with Gasteiger partial charge in [-0.15, -0.1) is 0 Å². The molecule has 0 saturated heterocycles. The Morgan fingerprint density at radius 3 is 2.75 bits per heavy atom. The lowest BCUT2D eigenvalue weighted by Crippen LogP contribution is -2.16. The third-order valence-corrected chi connectivity index (χ3v) is 2.94. The molecule has 0 aromatic carbocycles. The number of rotatable bonds is 5. The second kappa shape index (κ2) is 5.16. The van der Waals surface area contributed by atoms with Gasteiger partial charge in [-0.1, -0.05) is 0 Å². The topological polar surface area (TPSA) is 65.4 Å². The SMILES string of the molecule is CCOC(=O)c1cccn1CCS(C)(=O)=O. The summed E-state index contributed by atoms with van der Waals surface area (Å²) in [5, 5.41) is 0. The molecule has 5 nitrogen and oxygen atoms in total. The minimum absolute atomic E-state index is 0.00802. The number of nitrogens with zero attached hydrogens (tertiary/aromatic N) is 1. The monoisotopic (exact) mass is 245 g/mol. The van der Waals surface area contributed by atoms with Crippen LogP contribution < -0.4 is 0 Å². The summed E-state index contributed by atoms with van der Waals surface area (Å²) >= 11 is 0. The van der Waals surface area contributed by atoms with E-state index < -0.39 is 15.8 Å². The maximum absolute atomic E-state index is 11.5. The lowest BCUT2D eigenvalue weighted by atomic mass is 10.4. The highest BCUT2D eigenvalue weighted by molar-refractivity contribution is 7.90. The first-order valence-corrected chi connectivity index (χ1v) is 7.00. The van der Waals surface area contributed by atoms with Crippen LogP contribution in [0.2, 0.25) is 0 Å². The van der Waals surface area contributed by atoms with E-state index in [0.717, 1.165) is 0 Å². The molecule has 1 aromatic rings. The van der Waals surface area contributed by atoms with Crippen LogP contribution in [0.25, 0.3) is 0 Å². The highest BCUT2D eigenvalue weighted by Gasteiger charge is 2.12. The maximum atomic E-state index is 11.5. The molecule has 0 fully saturated rings. The number of hydrogen-bond donors (Lipinski definition) is 0. The first-order chi connectivity index (χ1) is 7.44. The van der Waals surface area contributed by atoms with Crippen LogP contribution in [0.4, 0.5) is 0 Å². The number of sulfone groups is 1. The fourth-order valence-corrected chi connectivity index (χ4v) is 1.79. The van der Waals surface area contributed by atoms with Gasteiger partial charge in [-0.3, -0.25) is 0 Å². The second-order valence-corrected chi connectivity index (χ2v) is 5.70. The standard InChI is InChI=1S/C10H15NO4S/c1-3-15-10(12)9-5-4-6-11(9)7-8-16(2,13)14/h4-6H,3,7-8H2,1-2H3. The molecule has 0 atom stereocenters. The third kappa shape index (κ3) is 3.69. The zero-order chi connectivity index (χ0) is 12.2. The van der Waals surface area contributed by atoms with Crippen LogP contribution in [-0.4, -0.2) is 37.6 Å². The van der Waals surface area contributed by atoms with Crippen molar-refractivity contribution < 1.29 is 17.9 Å². The van der Waals surface area contributed by atoms with E-state index in [1.165, 1.54) is 6.26 Å². The number of aromatic nitrogens is 1. The number of aryl methyl sites for hydroxylation is 1. The number of hydrogen-bond acceptors (Lipinski definition) is 4. The van der Waals surface area contributed by atoms with E-state index in [2.05, 4.69) is 0 Å². The molecule has 0 aliphatic heterocycles. The van der Waals surface area contributed by atoms with Crippen LogP contribution >= 0.6 is 0 Å². The summed E-state index contributed by atoms with van der Waals surface area (Å²) in [7, 11) is -3.03. The molecule has 1 aromatic heterocycles.